The molecule has 1 unspecified atom stereocenters. The lowest BCUT2D eigenvalue weighted by Gasteiger charge is -2.20. The molecule has 2 rings (SSSR count). The number of hydrogen-bond acceptors (Lipinski definition) is 1. The van der Waals surface area contributed by atoms with Gasteiger partial charge in [-0.25, -0.2) is 4.39 Å². The van der Waals surface area contributed by atoms with Crippen molar-refractivity contribution >= 4 is 47.8 Å². The predicted octanol–water partition coefficient (Wildman–Crippen LogP) is 6.01. The first kappa shape index (κ1) is 17.1. The Balaban J connectivity index is 2.32. The average molecular weight is 480 g/mol. The molecule has 1 N–H and O–H groups in total. The summed E-state index contributed by atoms with van der Waals surface area (Å²) in [6.45, 7) is 2.87. The molecule has 1 nitrogen and oxygen atoms in total. The number of benzene rings is 2. The maximum absolute atomic E-state index is 14.1. The Labute approximate surface area is 149 Å². The highest BCUT2D eigenvalue weighted by Gasteiger charge is 2.16. The molecule has 21 heavy (non-hydrogen) atoms. The van der Waals surface area contributed by atoms with Crippen LogP contribution < -0.4 is 5.32 Å². The average Bonchev–Trinajstić information content (AvgIpc) is 2.44. The summed E-state index contributed by atoms with van der Waals surface area (Å²) in [6, 6.07) is 11.3. The van der Waals surface area contributed by atoms with Crippen LogP contribution in [0.3, 0.4) is 0 Å². The highest BCUT2D eigenvalue weighted by molar-refractivity contribution is 9.11. The van der Waals surface area contributed by atoms with Gasteiger partial charge in [-0.2, -0.15) is 0 Å². The van der Waals surface area contributed by atoms with E-state index in [4.69, 9.17) is 0 Å². The minimum absolute atomic E-state index is 0.0533. The summed E-state index contributed by atoms with van der Waals surface area (Å²) < 4.78 is 16.9. The molecule has 5 heteroatoms. The summed E-state index contributed by atoms with van der Waals surface area (Å²) in [7, 11) is 0. The highest BCUT2D eigenvalue weighted by atomic mass is 79.9. The molecule has 0 aliphatic rings. The number of halogens is 4. The Morgan fingerprint density at radius 3 is 2.38 bits per heavy atom. The molecule has 2 aromatic rings. The predicted molar refractivity (Wildman–Crippen MR) is 96.1 cm³/mol. The number of nitrogens with one attached hydrogen (secondary N) is 1. The molecule has 0 aliphatic carbocycles. The van der Waals surface area contributed by atoms with Crippen LogP contribution in [0.15, 0.2) is 49.8 Å². The van der Waals surface area contributed by atoms with Gasteiger partial charge in [0.15, 0.2) is 0 Å². The van der Waals surface area contributed by atoms with Crippen LogP contribution in [0.4, 0.5) is 4.39 Å². The van der Waals surface area contributed by atoms with E-state index < -0.39 is 0 Å². The van der Waals surface area contributed by atoms with Gasteiger partial charge in [0.2, 0.25) is 0 Å². The fourth-order valence-corrected chi connectivity index (χ4v) is 3.46. The van der Waals surface area contributed by atoms with Crippen LogP contribution in [0.25, 0.3) is 0 Å². The molecule has 1 atom stereocenters. The van der Waals surface area contributed by atoms with Crippen LogP contribution in [0.1, 0.15) is 24.1 Å². The molecule has 0 bridgehead atoms. The highest BCUT2D eigenvalue weighted by Crippen LogP contribution is 2.30. The Bertz CT molecular complexity index is 631. The topological polar surface area (TPSA) is 12.0 Å². The third kappa shape index (κ3) is 4.62. The third-order valence-electron chi connectivity index (χ3n) is 3.22. The van der Waals surface area contributed by atoms with Crippen molar-refractivity contribution in [3.63, 3.8) is 0 Å². The van der Waals surface area contributed by atoms with Crippen LogP contribution in [0.2, 0.25) is 0 Å². The number of rotatable bonds is 5. The Kier molecular flexibility index (Phi) is 6.41. The quantitative estimate of drug-likeness (QED) is 0.554. The summed E-state index contributed by atoms with van der Waals surface area (Å²) in [5, 5.41) is 3.43. The minimum atomic E-state index is -0.182. The van der Waals surface area contributed by atoms with Crippen molar-refractivity contribution < 1.29 is 4.39 Å². The molecule has 0 aliphatic heterocycles. The van der Waals surface area contributed by atoms with Gasteiger partial charge in [0, 0.05) is 19.5 Å². The van der Waals surface area contributed by atoms with E-state index in [2.05, 4.69) is 66.1 Å². The van der Waals surface area contributed by atoms with Crippen molar-refractivity contribution in [1.29, 1.82) is 0 Å². The van der Waals surface area contributed by atoms with Gasteiger partial charge in [-0.3, -0.25) is 0 Å². The molecular formula is C16H15Br3FN. The first-order chi connectivity index (χ1) is 10.0. The standard InChI is InChI=1S/C16H15Br3FN/c1-2-21-16(13-8-11(17)5-6-14(13)19)7-10-3-4-12(18)9-15(10)20/h3-6,8-9,16,21H,2,7H2,1H3. The van der Waals surface area contributed by atoms with Gasteiger partial charge in [0.05, 0.1) is 0 Å². The minimum Gasteiger partial charge on any atom is -0.310 e. The van der Waals surface area contributed by atoms with Gasteiger partial charge in [-0.15, -0.1) is 0 Å². The summed E-state index contributed by atoms with van der Waals surface area (Å²) in [5.74, 6) is -0.182. The van der Waals surface area contributed by atoms with E-state index in [9.17, 15) is 4.39 Å². The van der Waals surface area contributed by atoms with Crippen LogP contribution in [0.5, 0.6) is 0 Å². The zero-order valence-corrected chi connectivity index (χ0v) is 16.2. The van der Waals surface area contributed by atoms with E-state index in [1.807, 2.05) is 24.3 Å². The first-order valence-corrected chi connectivity index (χ1v) is 9.01. The Morgan fingerprint density at radius 2 is 1.71 bits per heavy atom. The lowest BCUT2D eigenvalue weighted by atomic mass is 9.98. The van der Waals surface area contributed by atoms with Crippen LogP contribution in [-0.2, 0) is 6.42 Å². The van der Waals surface area contributed by atoms with Crippen molar-refractivity contribution in [1.82, 2.24) is 5.32 Å². The fourth-order valence-electron chi connectivity index (χ4n) is 2.23. The first-order valence-electron chi connectivity index (χ1n) is 6.63. The van der Waals surface area contributed by atoms with E-state index in [0.29, 0.717) is 12.0 Å². The maximum Gasteiger partial charge on any atom is 0.127 e. The summed E-state index contributed by atoms with van der Waals surface area (Å²) in [5.41, 5.74) is 1.82. The lowest BCUT2D eigenvalue weighted by Crippen LogP contribution is -2.23. The van der Waals surface area contributed by atoms with Gasteiger partial charge < -0.3 is 5.32 Å². The van der Waals surface area contributed by atoms with Crippen molar-refractivity contribution in [2.45, 2.75) is 19.4 Å². The van der Waals surface area contributed by atoms with Crippen molar-refractivity contribution in [2.24, 2.45) is 0 Å². The molecule has 2 aromatic carbocycles. The van der Waals surface area contributed by atoms with Crippen LogP contribution >= 0.6 is 47.8 Å². The lowest BCUT2D eigenvalue weighted by molar-refractivity contribution is 0.526. The molecule has 0 saturated heterocycles. The monoisotopic (exact) mass is 477 g/mol. The van der Waals surface area contributed by atoms with E-state index >= 15 is 0 Å². The SMILES string of the molecule is CCNC(Cc1ccc(Br)cc1F)c1cc(Br)ccc1Br. The smallest absolute Gasteiger partial charge is 0.127 e. The van der Waals surface area contributed by atoms with Crippen molar-refractivity contribution in [3.8, 4) is 0 Å². The second-order valence-electron chi connectivity index (χ2n) is 4.72. The zero-order chi connectivity index (χ0) is 15.4. The molecule has 112 valence electrons. The van der Waals surface area contributed by atoms with Crippen molar-refractivity contribution in [3.05, 3.63) is 66.8 Å². The molecule has 0 aromatic heterocycles. The molecule has 0 heterocycles. The van der Waals surface area contributed by atoms with E-state index in [1.165, 1.54) is 6.07 Å². The molecule has 0 spiro atoms. The molecular weight excluding hydrogens is 465 g/mol. The summed E-state index contributed by atoms with van der Waals surface area (Å²) in [6.07, 6.45) is 0.599. The largest absolute Gasteiger partial charge is 0.310 e. The molecule has 0 fully saturated rings. The van der Waals surface area contributed by atoms with Crippen LogP contribution in [0, 0.1) is 5.82 Å². The van der Waals surface area contributed by atoms with Crippen molar-refractivity contribution in [2.75, 3.05) is 6.54 Å². The van der Waals surface area contributed by atoms with Gasteiger partial charge in [0.25, 0.3) is 0 Å². The summed E-state index contributed by atoms with van der Waals surface area (Å²) in [4.78, 5) is 0. The van der Waals surface area contributed by atoms with Gasteiger partial charge in [-0.05, 0) is 54.4 Å². The summed E-state index contributed by atoms with van der Waals surface area (Å²) >= 11 is 10.4. The molecule has 0 saturated carbocycles. The second-order valence-corrected chi connectivity index (χ2v) is 7.40. The van der Waals surface area contributed by atoms with E-state index in [0.717, 1.165) is 25.5 Å². The number of likely N-dealkylation sites (N-methyl/N-ethyl adjacent to an activating group) is 1. The zero-order valence-electron chi connectivity index (χ0n) is 11.5. The molecule has 0 amide bonds. The maximum atomic E-state index is 14.1. The van der Waals surface area contributed by atoms with Gasteiger partial charge in [0.1, 0.15) is 5.82 Å². The van der Waals surface area contributed by atoms with Crippen LogP contribution in [-0.4, -0.2) is 6.54 Å². The third-order valence-corrected chi connectivity index (χ3v) is 4.93. The number of hydrogen-bond donors (Lipinski definition) is 1. The fraction of sp³-hybridized carbons (Fsp3) is 0.250. The second kappa shape index (κ2) is 7.86. The Hall–Kier alpha value is -0.230. The van der Waals surface area contributed by atoms with Gasteiger partial charge >= 0.3 is 0 Å². The Morgan fingerprint density at radius 1 is 1.05 bits per heavy atom. The molecule has 0 radical (unpaired) electrons. The van der Waals surface area contributed by atoms with E-state index in [-0.39, 0.29) is 11.9 Å². The normalized spacial score (nSPS) is 12.4. The van der Waals surface area contributed by atoms with Gasteiger partial charge in [-0.1, -0.05) is 60.8 Å². The van der Waals surface area contributed by atoms with E-state index in [1.54, 1.807) is 0 Å².